The first-order valence-electron chi connectivity index (χ1n) is 7.29. The number of hydrogen-bond acceptors (Lipinski definition) is 5. The fourth-order valence-electron chi connectivity index (χ4n) is 1.89. The summed E-state index contributed by atoms with van der Waals surface area (Å²) in [5.74, 6) is 0.466. The molecular formula is C15H22O6S. The first kappa shape index (κ1) is 18.4. The Morgan fingerprint density at radius 2 is 1.86 bits per heavy atom. The van der Waals surface area contributed by atoms with Gasteiger partial charge in [0, 0.05) is 0 Å². The molecule has 1 aromatic rings. The molecule has 124 valence electrons. The number of carbonyl (C=O) groups is 1. The third kappa shape index (κ3) is 6.44. The van der Waals surface area contributed by atoms with Gasteiger partial charge in [0.2, 0.25) is 0 Å². The molecule has 0 saturated heterocycles. The minimum Gasteiger partial charge on any atom is -0.434 e. The maximum absolute atomic E-state index is 11.6. The summed E-state index contributed by atoms with van der Waals surface area (Å²) in [6.07, 6.45) is 3.30. The maximum Gasteiger partial charge on any atom is 0.513 e. The van der Waals surface area contributed by atoms with Gasteiger partial charge < -0.3 is 9.47 Å². The molecule has 0 heterocycles. The lowest BCUT2D eigenvalue weighted by atomic mass is 10.0. The molecule has 1 rings (SSSR count). The molecule has 0 aliphatic rings. The van der Waals surface area contributed by atoms with E-state index in [1.165, 1.54) is 12.1 Å². The van der Waals surface area contributed by atoms with Crippen LogP contribution in [0.5, 0.6) is 5.75 Å². The van der Waals surface area contributed by atoms with Gasteiger partial charge in [-0.25, -0.2) is 4.79 Å². The van der Waals surface area contributed by atoms with Gasteiger partial charge in [0.1, 0.15) is 5.75 Å². The van der Waals surface area contributed by atoms with Gasteiger partial charge in [0.25, 0.3) is 10.1 Å². The van der Waals surface area contributed by atoms with Crippen LogP contribution in [-0.2, 0) is 14.9 Å². The molecule has 6 nitrogen and oxygen atoms in total. The van der Waals surface area contributed by atoms with Crippen molar-refractivity contribution >= 4 is 16.3 Å². The maximum atomic E-state index is 11.6. The monoisotopic (exact) mass is 330 g/mol. The van der Waals surface area contributed by atoms with Crippen molar-refractivity contribution < 1.29 is 27.2 Å². The van der Waals surface area contributed by atoms with E-state index < -0.39 is 16.3 Å². The van der Waals surface area contributed by atoms with Crippen molar-refractivity contribution in [3.63, 3.8) is 0 Å². The van der Waals surface area contributed by atoms with Crippen LogP contribution in [0.1, 0.15) is 39.5 Å². The van der Waals surface area contributed by atoms with E-state index in [9.17, 15) is 13.2 Å². The molecule has 22 heavy (non-hydrogen) atoms. The van der Waals surface area contributed by atoms with Gasteiger partial charge in [-0.1, -0.05) is 33.1 Å². The van der Waals surface area contributed by atoms with Crippen molar-refractivity contribution in [2.75, 3.05) is 6.61 Å². The van der Waals surface area contributed by atoms with E-state index >= 15 is 0 Å². The van der Waals surface area contributed by atoms with Crippen LogP contribution in [0.2, 0.25) is 0 Å². The van der Waals surface area contributed by atoms with Crippen molar-refractivity contribution in [1.82, 2.24) is 0 Å². The molecule has 1 N–H and O–H groups in total. The van der Waals surface area contributed by atoms with Crippen LogP contribution >= 0.6 is 0 Å². The Hall–Kier alpha value is -1.60. The van der Waals surface area contributed by atoms with E-state index in [-0.39, 0.29) is 10.6 Å². The number of rotatable bonds is 8. The van der Waals surface area contributed by atoms with E-state index in [0.717, 1.165) is 37.8 Å². The van der Waals surface area contributed by atoms with Gasteiger partial charge >= 0.3 is 6.16 Å². The third-order valence-corrected chi connectivity index (χ3v) is 4.17. The Bertz CT molecular complexity index is 564. The van der Waals surface area contributed by atoms with Crippen molar-refractivity contribution in [2.24, 2.45) is 5.92 Å². The summed E-state index contributed by atoms with van der Waals surface area (Å²) < 4.78 is 40.6. The normalized spacial score (nSPS) is 12.7. The highest BCUT2D eigenvalue weighted by Gasteiger charge is 2.13. The van der Waals surface area contributed by atoms with Gasteiger partial charge in [0.15, 0.2) is 0 Å². The molecule has 0 radical (unpaired) electrons. The molecule has 0 fully saturated rings. The molecule has 1 aromatic carbocycles. The van der Waals surface area contributed by atoms with Gasteiger partial charge in [0.05, 0.1) is 11.5 Å². The van der Waals surface area contributed by atoms with E-state index in [4.69, 9.17) is 14.0 Å². The number of carbonyl (C=O) groups excluding carboxylic acids is 1. The second-order valence-corrected chi connectivity index (χ2v) is 6.45. The van der Waals surface area contributed by atoms with Crippen LogP contribution in [0.4, 0.5) is 4.79 Å². The van der Waals surface area contributed by atoms with Crippen molar-refractivity contribution in [3.05, 3.63) is 24.3 Å². The van der Waals surface area contributed by atoms with Crippen LogP contribution in [-0.4, -0.2) is 25.7 Å². The summed E-state index contributed by atoms with van der Waals surface area (Å²) in [5, 5.41) is 0. The second kappa shape index (κ2) is 8.75. The van der Waals surface area contributed by atoms with E-state index in [0.29, 0.717) is 12.5 Å². The Morgan fingerprint density at radius 3 is 2.36 bits per heavy atom. The molecule has 0 bridgehead atoms. The molecule has 0 spiro atoms. The minimum atomic E-state index is -4.25. The van der Waals surface area contributed by atoms with Gasteiger partial charge in [-0.2, -0.15) is 8.42 Å². The zero-order valence-corrected chi connectivity index (χ0v) is 13.6. The lowest BCUT2D eigenvalue weighted by Crippen LogP contribution is -2.16. The summed E-state index contributed by atoms with van der Waals surface area (Å²) in [4.78, 5) is 11.3. The van der Waals surface area contributed by atoms with Crippen LogP contribution in [0.3, 0.4) is 0 Å². The Morgan fingerprint density at radius 1 is 1.23 bits per heavy atom. The number of ether oxygens (including phenoxy) is 2. The van der Waals surface area contributed by atoms with Crippen molar-refractivity contribution in [3.8, 4) is 5.75 Å². The summed E-state index contributed by atoms with van der Waals surface area (Å²) in [6.45, 7) is 4.46. The topological polar surface area (TPSA) is 89.9 Å². The average molecular weight is 330 g/mol. The van der Waals surface area contributed by atoms with E-state index in [1.807, 2.05) is 6.92 Å². The minimum absolute atomic E-state index is 0.152. The summed E-state index contributed by atoms with van der Waals surface area (Å²) in [5.41, 5.74) is 0. The largest absolute Gasteiger partial charge is 0.513 e. The highest BCUT2D eigenvalue weighted by Crippen LogP contribution is 2.17. The third-order valence-electron chi connectivity index (χ3n) is 3.30. The average Bonchev–Trinajstić information content (AvgIpc) is 2.47. The first-order valence-corrected chi connectivity index (χ1v) is 8.73. The summed E-state index contributed by atoms with van der Waals surface area (Å²) in [6, 6.07) is 4.85. The van der Waals surface area contributed by atoms with Crippen LogP contribution in [0.15, 0.2) is 29.2 Å². The van der Waals surface area contributed by atoms with Crippen LogP contribution in [0.25, 0.3) is 0 Å². The summed E-state index contributed by atoms with van der Waals surface area (Å²) >= 11 is 0. The van der Waals surface area contributed by atoms with Crippen LogP contribution < -0.4 is 4.74 Å². The van der Waals surface area contributed by atoms with Crippen molar-refractivity contribution in [1.29, 1.82) is 0 Å². The zero-order chi connectivity index (χ0) is 16.6. The van der Waals surface area contributed by atoms with E-state index in [1.54, 1.807) is 0 Å². The molecule has 0 amide bonds. The molecule has 0 saturated carbocycles. The molecule has 0 aliphatic carbocycles. The smallest absolute Gasteiger partial charge is 0.434 e. The first-order chi connectivity index (χ1) is 10.4. The Kier molecular flexibility index (Phi) is 7.34. The summed E-state index contributed by atoms with van der Waals surface area (Å²) in [7, 11) is -4.25. The molecule has 1 atom stereocenters. The molecule has 1 unspecified atom stereocenters. The van der Waals surface area contributed by atoms with E-state index in [2.05, 4.69) is 6.92 Å². The van der Waals surface area contributed by atoms with Gasteiger partial charge in [-0.15, -0.1) is 0 Å². The molecule has 0 aromatic heterocycles. The number of hydrogen-bond donors (Lipinski definition) is 1. The predicted octanol–water partition coefficient (Wildman–Crippen LogP) is 3.67. The predicted molar refractivity (Wildman–Crippen MR) is 81.5 cm³/mol. The standard InChI is InChI=1S/C15H22O6S/c1-3-5-6-12(4-2)11-20-15(16)21-13-7-9-14(10-8-13)22(17,18)19/h7-10,12H,3-6,11H2,1-2H3,(H,17,18,19). The fourth-order valence-corrected chi connectivity index (χ4v) is 2.37. The zero-order valence-electron chi connectivity index (χ0n) is 12.8. The Labute approximate surface area is 131 Å². The fraction of sp³-hybridized carbons (Fsp3) is 0.533. The SMILES string of the molecule is CCCCC(CC)COC(=O)Oc1ccc(S(=O)(=O)O)cc1. The molecular weight excluding hydrogens is 308 g/mol. The second-order valence-electron chi connectivity index (χ2n) is 5.03. The number of unbranched alkanes of at least 4 members (excludes halogenated alkanes) is 1. The molecule has 7 heteroatoms. The lowest BCUT2D eigenvalue weighted by molar-refractivity contribution is 0.0812. The highest BCUT2D eigenvalue weighted by atomic mass is 32.2. The highest BCUT2D eigenvalue weighted by molar-refractivity contribution is 7.85. The van der Waals surface area contributed by atoms with Crippen LogP contribution in [0, 0.1) is 5.92 Å². The number of benzene rings is 1. The lowest BCUT2D eigenvalue weighted by Gasteiger charge is -2.14. The quantitative estimate of drug-likeness (QED) is 0.444. The Balaban J connectivity index is 2.48. The van der Waals surface area contributed by atoms with Gasteiger partial charge in [-0.3, -0.25) is 4.55 Å². The molecule has 0 aliphatic heterocycles. The van der Waals surface area contributed by atoms with Gasteiger partial charge in [-0.05, 0) is 36.6 Å². The van der Waals surface area contributed by atoms with Crippen molar-refractivity contribution in [2.45, 2.75) is 44.4 Å².